The number of benzene rings is 1. The van der Waals surface area contributed by atoms with Crippen molar-refractivity contribution in [2.45, 2.75) is 43.4 Å². The number of carbonyl (C=O) groups is 1. The number of rotatable bonds is 2. The van der Waals surface area contributed by atoms with Gasteiger partial charge in [-0.15, -0.1) is 0 Å². The zero-order valence-corrected chi connectivity index (χ0v) is 16.9. The summed E-state index contributed by atoms with van der Waals surface area (Å²) in [6.45, 7) is 0. The molecule has 0 radical (unpaired) electrons. The maximum absolute atomic E-state index is 13.8. The summed E-state index contributed by atoms with van der Waals surface area (Å²) in [7, 11) is 0. The Morgan fingerprint density at radius 2 is 1.74 bits per heavy atom. The number of hydrogen-bond donors (Lipinski definition) is 0. The van der Waals surface area contributed by atoms with Gasteiger partial charge in [0, 0.05) is 4.47 Å². The first kappa shape index (κ1) is 21.8. The Morgan fingerprint density at radius 3 is 2.39 bits per heavy atom. The Bertz CT molecular complexity index is 1040. The maximum Gasteiger partial charge on any atom is 0.433 e. The van der Waals surface area contributed by atoms with E-state index in [0.29, 0.717) is 12.1 Å². The molecule has 0 N–H and O–H groups in total. The molecule has 2 aliphatic rings. The van der Waals surface area contributed by atoms with Gasteiger partial charge in [-0.3, -0.25) is 4.90 Å². The molecule has 166 valence electrons. The zero-order chi connectivity index (χ0) is 22.7. The van der Waals surface area contributed by atoms with Crippen LogP contribution in [0.1, 0.15) is 47.5 Å². The molecule has 4 rings (SSSR count). The maximum atomic E-state index is 13.8. The lowest BCUT2D eigenvalue weighted by molar-refractivity contribution is -0.141. The van der Waals surface area contributed by atoms with Crippen molar-refractivity contribution < 1.29 is 40.3 Å². The quantitative estimate of drug-likeness (QED) is 0.436. The van der Waals surface area contributed by atoms with Crippen molar-refractivity contribution in [3.63, 3.8) is 0 Å². The fourth-order valence-corrected chi connectivity index (χ4v) is 4.48. The molecule has 0 saturated carbocycles. The molecule has 1 aromatic heterocycles. The van der Waals surface area contributed by atoms with E-state index in [1.165, 1.54) is 6.07 Å². The second kappa shape index (κ2) is 7.35. The van der Waals surface area contributed by atoms with E-state index in [4.69, 9.17) is 4.74 Å². The largest absolute Gasteiger partial charge is 0.439 e. The Kier molecular flexibility index (Phi) is 5.18. The van der Waals surface area contributed by atoms with Crippen LogP contribution in [-0.4, -0.2) is 22.0 Å². The first-order valence-electron chi connectivity index (χ1n) is 8.96. The molecule has 3 atom stereocenters. The minimum atomic E-state index is -4.80. The lowest BCUT2D eigenvalue weighted by Gasteiger charge is -2.23. The minimum Gasteiger partial charge on any atom is -0.439 e. The fourth-order valence-electron chi connectivity index (χ4n) is 3.99. The van der Waals surface area contributed by atoms with Gasteiger partial charge in [0.15, 0.2) is 0 Å². The average molecular weight is 513 g/mol. The molecule has 0 spiro atoms. The van der Waals surface area contributed by atoms with Crippen LogP contribution in [-0.2, 0) is 17.1 Å². The molecular weight excluding hydrogens is 501 g/mol. The number of cyclic esters (lactones) is 1. The van der Waals surface area contributed by atoms with Crippen LogP contribution in [0.5, 0.6) is 0 Å². The summed E-state index contributed by atoms with van der Waals surface area (Å²) < 4.78 is 97.7. The molecule has 31 heavy (non-hydrogen) atoms. The van der Waals surface area contributed by atoms with E-state index in [0.717, 1.165) is 17.0 Å². The van der Waals surface area contributed by atoms with Crippen molar-refractivity contribution in [3.8, 4) is 0 Å². The monoisotopic (exact) mass is 512 g/mol. The molecule has 3 heterocycles. The smallest absolute Gasteiger partial charge is 0.433 e. The van der Waals surface area contributed by atoms with Gasteiger partial charge >= 0.3 is 18.4 Å². The molecule has 2 fully saturated rings. The van der Waals surface area contributed by atoms with Gasteiger partial charge in [0.1, 0.15) is 17.6 Å². The van der Waals surface area contributed by atoms with E-state index >= 15 is 0 Å². The van der Waals surface area contributed by atoms with Crippen LogP contribution in [0.3, 0.4) is 0 Å². The van der Waals surface area contributed by atoms with Gasteiger partial charge in [0.05, 0.1) is 23.3 Å². The van der Waals surface area contributed by atoms with Crippen molar-refractivity contribution in [1.82, 2.24) is 9.88 Å². The summed E-state index contributed by atoms with van der Waals surface area (Å²) in [5.74, 6) is -1.14. The summed E-state index contributed by atoms with van der Waals surface area (Å²) in [5, 5.41) is 0. The number of ether oxygens (including phenoxy) is 1. The van der Waals surface area contributed by atoms with E-state index in [1.807, 2.05) is 0 Å². The molecule has 0 unspecified atom stereocenters. The number of aromatic nitrogens is 1. The molecule has 4 nitrogen and oxygen atoms in total. The summed E-state index contributed by atoms with van der Waals surface area (Å²) in [6, 6.07) is 2.19. The molecule has 1 amide bonds. The lowest BCUT2D eigenvalue weighted by Crippen LogP contribution is -2.31. The van der Waals surface area contributed by atoms with Crippen LogP contribution in [0.4, 0.5) is 35.5 Å². The molecule has 0 aliphatic carbocycles. The molecule has 2 saturated heterocycles. The van der Waals surface area contributed by atoms with Crippen LogP contribution < -0.4 is 0 Å². The highest BCUT2D eigenvalue weighted by Gasteiger charge is 2.51. The fraction of sp³-hybridized carbons (Fsp3) is 0.368. The highest BCUT2D eigenvalue weighted by atomic mass is 79.9. The van der Waals surface area contributed by atoms with E-state index < -0.39 is 53.7 Å². The van der Waals surface area contributed by atoms with E-state index in [9.17, 15) is 35.5 Å². The summed E-state index contributed by atoms with van der Waals surface area (Å²) in [5.41, 5.74) is -2.58. The molecule has 12 heteroatoms. The second-order valence-electron chi connectivity index (χ2n) is 7.20. The van der Waals surface area contributed by atoms with E-state index in [-0.39, 0.29) is 28.6 Å². The Balaban J connectivity index is 1.69. The van der Waals surface area contributed by atoms with Crippen LogP contribution in [0.15, 0.2) is 34.8 Å². The van der Waals surface area contributed by atoms with Crippen LogP contribution in [0.2, 0.25) is 0 Å². The number of carbonyl (C=O) groups excluding carboxylic acids is 1. The van der Waals surface area contributed by atoms with Crippen molar-refractivity contribution in [2.75, 3.05) is 0 Å². The molecule has 2 aliphatic heterocycles. The molecular formula is C19H12BrF7N2O2. The topological polar surface area (TPSA) is 42.4 Å². The van der Waals surface area contributed by atoms with E-state index in [2.05, 4.69) is 20.9 Å². The van der Waals surface area contributed by atoms with Crippen molar-refractivity contribution >= 4 is 22.0 Å². The van der Waals surface area contributed by atoms with Crippen LogP contribution >= 0.6 is 15.9 Å². The van der Waals surface area contributed by atoms with Gasteiger partial charge in [-0.2, -0.15) is 26.3 Å². The summed E-state index contributed by atoms with van der Waals surface area (Å²) in [4.78, 5) is 17.3. The molecule has 1 aromatic carbocycles. The summed E-state index contributed by atoms with van der Waals surface area (Å²) in [6.07, 6.45) is -11.2. The predicted octanol–water partition coefficient (Wildman–Crippen LogP) is 6.42. The number of pyridine rings is 1. The van der Waals surface area contributed by atoms with Crippen molar-refractivity contribution in [1.29, 1.82) is 0 Å². The van der Waals surface area contributed by atoms with Gasteiger partial charge < -0.3 is 4.74 Å². The van der Waals surface area contributed by atoms with Gasteiger partial charge in [0.25, 0.3) is 0 Å². The third kappa shape index (κ3) is 3.97. The normalized spacial score (nSPS) is 23.8. The van der Waals surface area contributed by atoms with Crippen LogP contribution in [0, 0.1) is 5.82 Å². The predicted molar refractivity (Wildman–Crippen MR) is 95.2 cm³/mol. The lowest BCUT2D eigenvalue weighted by atomic mass is 9.98. The third-order valence-corrected chi connectivity index (χ3v) is 5.94. The van der Waals surface area contributed by atoms with Gasteiger partial charge in [-0.1, -0.05) is 0 Å². The molecule has 0 bridgehead atoms. The van der Waals surface area contributed by atoms with Crippen LogP contribution in [0.25, 0.3) is 0 Å². The Labute approximate surface area is 179 Å². The van der Waals surface area contributed by atoms with Gasteiger partial charge in [0.2, 0.25) is 0 Å². The number of nitrogens with zero attached hydrogens (tertiary/aromatic N) is 2. The van der Waals surface area contributed by atoms with Gasteiger partial charge in [-0.25, -0.2) is 14.2 Å². The van der Waals surface area contributed by atoms with Gasteiger partial charge in [-0.05, 0) is 64.7 Å². The third-order valence-electron chi connectivity index (χ3n) is 5.27. The highest BCUT2D eigenvalue weighted by molar-refractivity contribution is 9.10. The SMILES string of the molecule is O=C1O[C@H](c2cc(F)cc(C(F)(F)F)c2)[C@@H]2CC[C@@H](c3nc(C(F)(F)F)ccc3Br)N12. The number of alkyl halides is 6. The zero-order valence-electron chi connectivity index (χ0n) is 15.3. The number of halogens is 8. The molecule has 2 aromatic rings. The Hall–Kier alpha value is -2.37. The second-order valence-corrected chi connectivity index (χ2v) is 8.06. The number of hydrogen-bond acceptors (Lipinski definition) is 3. The highest BCUT2D eigenvalue weighted by Crippen LogP contribution is 2.49. The first-order chi connectivity index (χ1) is 14.4. The van der Waals surface area contributed by atoms with Crippen molar-refractivity contribution in [3.05, 3.63) is 63.1 Å². The summed E-state index contributed by atoms with van der Waals surface area (Å²) >= 11 is 3.14. The minimum absolute atomic E-state index is 0.0369. The first-order valence-corrected chi connectivity index (χ1v) is 9.76. The number of fused-ring (bicyclic) bond motifs is 1. The number of amides is 1. The Morgan fingerprint density at radius 1 is 1.03 bits per heavy atom. The van der Waals surface area contributed by atoms with Crippen molar-refractivity contribution in [2.24, 2.45) is 0 Å². The standard InChI is InChI=1S/C19H12BrF7N2O2/c20-11-1-4-14(19(25,26)27)28-15(11)12-2-3-13-16(31-17(30)29(12)13)8-5-9(18(22,23)24)7-10(21)6-8/h1,4-7,12-13,16H,2-3H2/t12-,13-,16+/m0/s1. The van der Waals surface area contributed by atoms with E-state index in [1.54, 1.807) is 0 Å². The average Bonchev–Trinajstić information content (AvgIpc) is 3.21.